The highest BCUT2D eigenvalue weighted by Crippen LogP contribution is 2.24. The second-order valence-electron chi connectivity index (χ2n) is 4.71. The zero-order valence-electron chi connectivity index (χ0n) is 11.1. The van der Waals surface area contributed by atoms with E-state index in [9.17, 15) is 14.0 Å². The van der Waals surface area contributed by atoms with Crippen LogP contribution in [0.4, 0.5) is 4.39 Å². The van der Waals surface area contributed by atoms with Crippen LogP contribution in [0.3, 0.4) is 0 Å². The third kappa shape index (κ3) is 2.93. The topological polar surface area (TPSA) is 46.6 Å². The number of methoxy groups -OCH3 is 1. The fourth-order valence-corrected chi connectivity index (χ4v) is 2.62. The van der Waals surface area contributed by atoms with Crippen LogP contribution < -0.4 is 0 Å². The SMILES string of the molecule is COC(=O)C1CCCN(C(=O)c2c(F)cccc2Cl)C1. The number of carbonyl (C=O) groups excluding carboxylic acids is 2. The Bertz CT molecular complexity index is 515. The summed E-state index contributed by atoms with van der Waals surface area (Å²) in [5, 5.41) is 0.0789. The van der Waals surface area contributed by atoms with E-state index >= 15 is 0 Å². The summed E-state index contributed by atoms with van der Waals surface area (Å²) in [6, 6.07) is 4.11. The maximum Gasteiger partial charge on any atom is 0.310 e. The Morgan fingerprint density at radius 3 is 2.85 bits per heavy atom. The summed E-state index contributed by atoms with van der Waals surface area (Å²) in [4.78, 5) is 25.3. The lowest BCUT2D eigenvalue weighted by Crippen LogP contribution is -2.43. The van der Waals surface area contributed by atoms with Crippen molar-refractivity contribution in [1.29, 1.82) is 0 Å². The molecule has 1 fully saturated rings. The predicted molar refractivity (Wildman–Crippen MR) is 72.1 cm³/mol. The van der Waals surface area contributed by atoms with Crippen LogP contribution in [-0.2, 0) is 9.53 Å². The van der Waals surface area contributed by atoms with Gasteiger partial charge in [0.25, 0.3) is 5.91 Å². The molecule has 2 rings (SSSR count). The number of carbonyl (C=O) groups is 2. The van der Waals surface area contributed by atoms with E-state index in [1.807, 2.05) is 0 Å². The standard InChI is InChI=1S/C14H15ClFNO3/c1-20-14(19)9-4-3-7-17(8-9)13(18)12-10(15)5-2-6-11(12)16/h2,5-6,9H,3-4,7-8H2,1H3. The van der Waals surface area contributed by atoms with Crippen molar-refractivity contribution in [1.82, 2.24) is 4.90 Å². The third-order valence-corrected chi connectivity index (χ3v) is 3.73. The maximum atomic E-state index is 13.8. The number of ether oxygens (including phenoxy) is 1. The molecule has 1 saturated heterocycles. The second kappa shape index (κ2) is 6.22. The highest BCUT2D eigenvalue weighted by molar-refractivity contribution is 6.33. The Morgan fingerprint density at radius 2 is 2.20 bits per heavy atom. The molecule has 0 radical (unpaired) electrons. The lowest BCUT2D eigenvalue weighted by molar-refractivity contribution is -0.146. The summed E-state index contributed by atoms with van der Waals surface area (Å²) >= 11 is 5.89. The lowest BCUT2D eigenvalue weighted by Gasteiger charge is -2.31. The number of esters is 1. The van der Waals surface area contributed by atoms with E-state index in [1.165, 1.54) is 30.2 Å². The van der Waals surface area contributed by atoms with Crippen LogP contribution in [0.25, 0.3) is 0 Å². The second-order valence-corrected chi connectivity index (χ2v) is 5.12. The number of hydrogen-bond acceptors (Lipinski definition) is 3. The first-order valence-electron chi connectivity index (χ1n) is 6.35. The van der Waals surface area contributed by atoms with Gasteiger partial charge >= 0.3 is 5.97 Å². The molecule has 1 aliphatic heterocycles. The largest absolute Gasteiger partial charge is 0.469 e. The van der Waals surface area contributed by atoms with Crippen molar-refractivity contribution in [2.45, 2.75) is 12.8 Å². The van der Waals surface area contributed by atoms with Gasteiger partial charge in [0.1, 0.15) is 5.82 Å². The number of rotatable bonds is 2. The van der Waals surface area contributed by atoms with Crippen molar-refractivity contribution in [2.75, 3.05) is 20.2 Å². The molecule has 1 atom stereocenters. The molecule has 0 aliphatic carbocycles. The molecule has 0 bridgehead atoms. The zero-order valence-corrected chi connectivity index (χ0v) is 11.8. The van der Waals surface area contributed by atoms with E-state index in [2.05, 4.69) is 0 Å². The molecule has 1 aromatic rings. The molecule has 4 nitrogen and oxygen atoms in total. The summed E-state index contributed by atoms with van der Waals surface area (Å²) in [5.74, 6) is -1.84. The summed E-state index contributed by atoms with van der Waals surface area (Å²) in [6.45, 7) is 0.715. The number of hydrogen-bond donors (Lipinski definition) is 0. The smallest absolute Gasteiger partial charge is 0.310 e. The monoisotopic (exact) mass is 299 g/mol. The molecule has 1 aliphatic rings. The molecule has 20 heavy (non-hydrogen) atoms. The van der Waals surface area contributed by atoms with Gasteiger partial charge in [-0.2, -0.15) is 0 Å². The third-order valence-electron chi connectivity index (χ3n) is 3.42. The van der Waals surface area contributed by atoms with Gasteiger partial charge in [0.2, 0.25) is 0 Å². The number of nitrogens with zero attached hydrogens (tertiary/aromatic N) is 1. The summed E-state index contributed by atoms with van der Waals surface area (Å²) < 4.78 is 18.4. The van der Waals surface area contributed by atoms with Crippen LogP contribution in [-0.4, -0.2) is 37.0 Å². The van der Waals surface area contributed by atoms with Gasteiger partial charge in [-0.15, -0.1) is 0 Å². The van der Waals surface area contributed by atoms with E-state index in [0.717, 1.165) is 0 Å². The van der Waals surface area contributed by atoms with Crippen LogP contribution in [0.1, 0.15) is 23.2 Å². The highest BCUT2D eigenvalue weighted by Gasteiger charge is 2.31. The van der Waals surface area contributed by atoms with Gasteiger partial charge in [-0.3, -0.25) is 9.59 Å². The average Bonchev–Trinajstić information content (AvgIpc) is 2.46. The van der Waals surface area contributed by atoms with Crippen molar-refractivity contribution < 1.29 is 18.7 Å². The summed E-state index contributed by atoms with van der Waals surface area (Å²) in [6.07, 6.45) is 1.35. The Labute approximate surface area is 121 Å². The Balaban J connectivity index is 2.19. The van der Waals surface area contributed by atoms with Crippen LogP contribution in [0.15, 0.2) is 18.2 Å². The van der Waals surface area contributed by atoms with E-state index < -0.39 is 11.7 Å². The Kier molecular flexibility index (Phi) is 4.60. The van der Waals surface area contributed by atoms with E-state index in [-0.39, 0.29) is 29.0 Å². The van der Waals surface area contributed by atoms with Crippen molar-refractivity contribution in [3.05, 3.63) is 34.6 Å². The van der Waals surface area contributed by atoms with Gasteiger partial charge in [-0.1, -0.05) is 17.7 Å². The molecular weight excluding hydrogens is 285 g/mol. The van der Waals surface area contributed by atoms with Crippen molar-refractivity contribution in [2.24, 2.45) is 5.92 Å². The molecule has 108 valence electrons. The van der Waals surface area contributed by atoms with E-state index in [1.54, 1.807) is 0 Å². The quantitative estimate of drug-likeness (QED) is 0.788. The number of piperidine rings is 1. The zero-order chi connectivity index (χ0) is 14.7. The van der Waals surface area contributed by atoms with Gasteiger partial charge in [-0.25, -0.2) is 4.39 Å². The number of benzene rings is 1. The Morgan fingerprint density at radius 1 is 1.45 bits per heavy atom. The maximum absolute atomic E-state index is 13.8. The normalized spacial score (nSPS) is 18.8. The molecule has 0 spiro atoms. The minimum Gasteiger partial charge on any atom is -0.469 e. The minimum atomic E-state index is -0.650. The van der Waals surface area contributed by atoms with Crippen LogP contribution >= 0.6 is 11.6 Å². The first-order valence-corrected chi connectivity index (χ1v) is 6.73. The van der Waals surface area contributed by atoms with Crippen LogP contribution in [0, 0.1) is 11.7 Å². The molecule has 0 aromatic heterocycles. The van der Waals surface area contributed by atoms with Gasteiger partial charge < -0.3 is 9.64 Å². The van der Waals surface area contributed by atoms with Gasteiger partial charge in [0.15, 0.2) is 0 Å². The number of amides is 1. The summed E-state index contributed by atoms with van der Waals surface area (Å²) in [5.41, 5.74) is -0.139. The van der Waals surface area contributed by atoms with Crippen LogP contribution in [0.5, 0.6) is 0 Å². The average molecular weight is 300 g/mol. The van der Waals surface area contributed by atoms with Crippen molar-refractivity contribution in [3.8, 4) is 0 Å². The Hall–Kier alpha value is -1.62. The van der Waals surface area contributed by atoms with Crippen LogP contribution in [0.2, 0.25) is 5.02 Å². The van der Waals surface area contributed by atoms with Gasteiger partial charge in [-0.05, 0) is 25.0 Å². The minimum absolute atomic E-state index is 0.0789. The van der Waals surface area contributed by atoms with Crippen molar-refractivity contribution in [3.63, 3.8) is 0 Å². The fourth-order valence-electron chi connectivity index (χ4n) is 2.38. The van der Waals surface area contributed by atoms with E-state index in [0.29, 0.717) is 19.4 Å². The summed E-state index contributed by atoms with van der Waals surface area (Å²) in [7, 11) is 1.32. The van der Waals surface area contributed by atoms with Crippen molar-refractivity contribution >= 4 is 23.5 Å². The van der Waals surface area contributed by atoms with Gasteiger partial charge in [0.05, 0.1) is 23.6 Å². The highest BCUT2D eigenvalue weighted by atomic mass is 35.5. The first kappa shape index (κ1) is 14.8. The predicted octanol–water partition coefficient (Wildman–Crippen LogP) is 2.50. The fraction of sp³-hybridized carbons (Fsp3) is 0.429. The lowest BCUT2D eigenvalue weighted by atomic mass is 9.97. The molecule has 1 unspecified atom stereocenters. The molecule has 6 heteroatoms. The molecule has 0 N–H and O–H groups in total. The van der Waals surface area contributed by atoms with E-state index in [4.69, 9.17) is 16.3 Å². The number of likely N-dealkylation sites (tertiary alicyclic amines) is 1. The molecule has 0 saturated carbocycles. The molecule has 1 amide bonds. The van der Waals surface area contributed by atoms with Gasteiger partial charge in [0, 0.05) is 13.1 Å². The molecule has 1 heterocycles. The molecular formula is C14H15ClFNO3. The number of halogens is 2. The molecule has 1 aromatic carbocycles. The first-order chi connectivity index (χ1) is 9.54.